The van der Waals surface area contributed by atoms with Gasteiger partial charge in [-0.2, -0.15) is 0 Å². The number of rotatable bonds is 4. The SMILES string of the molecule is O=CC1=CC(Cc2ccc(F)cc2)(NC(=O)C(Cl)(Cl)Cl)CC1. The Morgan fingerprint density at radius 3 is 2.45 bits per heavy atom. The molecule has 1 aromatic carbocycles. The topological polar surface area (TPSA) is 46.2 Å². The Hall–Kier alpha value is -1.10. The summed E-state index contributed by atoms with van der Waals surface area (Å²) in [7, 11) is 0. The van der Waals surface area contributed by atoms with Gasteiger partial charge in [0.1, 0.15) is 12.1 Å². The van der Waals surface area contributed by atoms with Crippen LogP contribution in [0.3, 0.4) is 0 Å². The molecule has 2 rings (SSSR count). The average Bonchev–Trinajstić information content (AvgIpc) is 2.84. The number of carbonyl (C=O) groups is 2. The van der Waals surface area contributed by atoms with Crippen LogP contribution in [0.4, 0.5) is 4.39 Å². The standard InChI is InChI=1S/C15H13Cl3FNO2/c16-15(17,18)13(22)20-14(6-5-11(8-14)9-21)7-10-1-3-12(19)4-2-10/h1-4,8-9H,5-7H2,(H,20,22). The lowest BCUT2D eigenvalue weighted by Crippen LogP contribution is -2.51. The van der Waals surface area contributed by atoms with Crippen molar-refractivity contribution in [3.63, 3.8) is 0 Å². The van der Waals surface area contributed by atoms with Gasteiger partial charge in [0, 0.05) is 0 Å². The number of hydrogen-bond acceptors (Lipinski definition) is 2. The Labute approximate surface area is 142 Å². The maximum absolute atomic E-state index is 13.0. The van der Waals surface area contributed by atoms with Crippen LogP contribution < -0.4 is 5.32 Å². The molecule has 0 saturated heterocycles. The van der Waals surface area contributed by atoms with Gasteiger partial charge >= 0.3 is 0 Å². The molecule has 0 aromatic heterocycles. The van der Waals surface area contributed by atoms with Crippen molar-refractivity contribution in [2.45, 2.75) is 28.6 Å². The molecule has 0 saturated carbocycles. The second kappa shape index (κ2) is 6.57. The van der Waals surface area contributed by atoms with Gasteiger partial charge in [-0.15, -0.1) is 0 Å². The number of alkyl halides is 3. The highest BCUT2D eigenvalue weighted by molar-refractivity contribution is 6.76. The Morgan fingerprint density at radius 1 is 1.32 bits per heavy atom. The smallest absolute Gasteiger partial charge is 0.272 e. The van der Waals surface area contributed by atoms with Crippen LogP contribution in [-0.4, -0.2) is 21.5 Å². The molecule has 1 aliphatic carbocycles. The summed E-state index contributed by atoms with van der Waals surface area (Å²) in [5.74, 6) is -1.11. The van der Waals surface area contributed by atoms with Crippen LogP contribution in [0.15, 0.2) is 35.9 Å². The second-order valence-corrected chi connectivity index (χ2v) is 7.53. The Bertz CT molecular complexity index is 610. The predicted molar refractivity (Wildman–Crippen MR) is 84.6 cm³/mol. The zero-order valence-corrected chi connectivity index (χ0v) is 13.7. The molecule has 1 aliphatic rings. The summed E-state index contributed by atoms with van der Waals surface area (Å²) in [6.07, 6.45) is 3.82. The minimum Gasteiger partial charge on any atom is -0.343 e. The van der Waals surface area contributed by atoms with Gasteiger partial charge in [-0.05, 0) is 42.5 Å². The first kappa shape index (κ1) is 17.3. The lowest BCUT2D eigenvalue weighted by Gasteiger charge is -2.30. The van der Waals surface area contributed by atoms with Gasteiger partial charge in [0.15, 0.2) is 0 Å². The van der Waals surface area contributed by atoms with Crippen molar-refractivity contribution in [1.82, 2.24) is 5.32 Å². The van der Waals surface area contributed by atoms with Gasteiger partial charge < -0.3 is 5.32 Å². The lowest BCUT2D eigenvalue weighted by atomic mass is 9.90. The molecule has 3 nitrogen and oxygen atoms in total. The molecule has 1 amide bonds. The van der Waals surface area contributed by atoms with Gasteiger partial charge in [0.05, 0.1) is 5.54 Å². The molecule has 0 aliphatic heterocycles. The highest BCUT2D eigenvalue weighted by Crippen LogP contribution is 2.33. The average molecular weight is 365 g/mol. The summed E-state index contributed by atoms with van der Waals surface area (Å²) >= 11 is 16.8. The largest absolute Gasteiger partial charge is 0.343 e. The van der Waals surface area contributed by atoms with Gasteiger partial charge in [0.2, 0.25) is 0 Å². The fourth-order valence-electron chi connectivity index (χ4n) is 2.51. The Kier molecular flexibility index (Phi) is 5.15. The molecule has 1 atom stereocenters. The quantitative estimate of drug-likeness (QED) is 0.656. The number of amides is 1. The van der Waals surface area contributed by atoms with Crippen molar-refractivity contribution in [3.05, 3.63) is 47.3 Å². The second-order valence-electron chi connectivity index (χ2n) is 5.25. The maximum Gasteiger partial charge on any atom is 0.272 e. The molecule has 7 heteroatoms. The zero-order chi connectivity index (χ0) is 16.4. The summed E-state index contributed by atoms with van der Waals surface area (Å²) in [6, 6.07) is 5.90. The lowest BCUT2D eigenvalue weighted by molar-refractivity contribution is -0.121. The predicted octanol–water partition coefficient (Wildman–Crippen LogP) is 3.51. The first-order chi connectivity index (χ1) is 10.2. The molecule has 22 heavy (non-hydrogen) atoms. The van der Waals surface area contributed by atoms with E-state index in [1.165, 1.54) is 12.1 Å². The molecule has 118 valence electrons. The molecule has 1 aromatic rings. The van der Waals surface area contributed by atoms with Crippen molar-refractivity contribution >= 4 is 47.0 Å². The van der Waals surface area contributed by atoms with Crippen LogP contribution >= 0.6 is 34.8 Å². The number of carbonyl (C=O) groups excluding carboxylic acids is 2. The molecular formula is C15H13Cl3FNO2. The molecule has 0 heterocycles. The van der Waals surface area contributed by atoms with Crippen LogP contribution in [0.5, 0.6) is 0 Å². The van der Waals surface area contributed by atoms with E-state index in [1.54, 1.807) is 18.2 Å². The fraction of sp³-hybridized carbons (Fsp3) is 0.333. The Morgan fingerprint density at radius 2 is 1.95 bits per heavy atom. The van der Waals surface area contributed by atoms with E-state index in [2.05, 4.69) is 5.32 Å². The third kappa shape index (κ3) is 4.22. The maximum atomic E-state index is 13.0. The van der Waals surface area contributed by atoms with E-state index in [1.807, 2.05) is 0 Å². The third-order valence-corrected chi connectivity index (χ3v) is 4.04. The van der Waals surface area contributed by atoms with E-state index in [-0.39, 0.29) is 5.82 Å². The summed E-state index contributed by atoms with van der Waals surface area (Å²) in [6.45, 7) is 0. The molecule has 1 N–H and O–H groups in total. The number of hydrogen-bond donors (Lipinski definition) is 1. The molecule has 0 radical (unpaired) electrons. The minimum atomic E-state index is -2.09. The number of allylic oxidation sites excluding steroid dienone is 1. The summed E-state index contributed by atoms with van der Waals surface area (Å²) < 4.78 is 10.9. The van der Waals surface area contributed by atoms with Crippen molar-refractivity contribution in [1.29, 1.82) is 0 Å². The molecule has 0 fully saturated rings. The van der Waals surface area contributed by atoms with Gasteiger partial charge in [-0.25, -0.2) is 4.39 Å². The summed E-state index contributed by atoms with van der Waals surface area (Å²) in [4.78, 5) is 22.9. The summed E-state index contributed by atoms with van der Waals surface area (Å²) in [5, 5.41) is 2.70. The van der Waals surface area contributed by atoms with E-state index in [4.69, 9.17) is 34.8 Å². The monoisotopic (exact) mass is 363 g/mol. The van der Waals surface area contributed by atoms with E-state index >= 15 is 0 Å². The van der Waals surface area contributed by atoms with Gasteiger partial charge in [-0.1, -0.05) is 53.0 Å². The van der Waals surface area contributed by atoms with E-state index in [9.17, 15) is 14.0 Å². The number of nitrogens with one attached hydrogen (secondary N) is 1. The third-order valence-electron chi connectivity index (χ3n) is 3.53. The zero-order valence-electron chi connectivity index (χ0n) is 11.4. The first-order valence-corrected chi connectivity index (χ1v) is 7.68. The van der Waals surface area contributed by atoms with Crippen molar-refractivity contribution in [2.75, 3.05) is 0 Å². The number of halogens is 4. The normalized spacial score (nSPS) is 21.4. The van der Waals surface area contributed by atoms with E-state index in [0.29, 0.717) is 24.8 Å². The van der Waals surface area contributed by atoms with Crippen LogP contribution in [-0.2, 0) is 16.0 Å². The van der Waals surface area contributed by atoms with Crippen molar-refractivity contribution in [3.8, 4) is 0 Å². The summed E-state index contributed by atoms with van der Waals surface area (Å²) in [5.41, 5.74) is 0.552. The molecular weight excluding hydrogens is 352 g/mol. The highest BCUT2D eigenvalue weighted by atomic mass is 35.6. The van der Waals surface area contributed by atoms with E-state index in [0.717, 1.165) is 11.8 Å². The number of aldehydes is 1. The molecule has 0 spiro atoms. The van der Waals surface area contributed by atoms with Crippen molar-refractivity contribution in [2.24, 2.45) is 0 Å². The van der Waals surface area contributed by atoms with E-state index < -0.39 is 15.2 Å². The van der Waals surface area contributed by atoms with Crippen LogP contribution in [0.25, 0.3) is 0 Å². The number of benzene rings is 1. The van der Waals surface area contributed by atoms with Crippen molar-refractivity contribution < 1.29 is 14.0 Å². The molecule has 0 bridgehead atoms. The van der Waals surface area contributed by atoms with Crippen LogP contribution in [0.2, 0.25) is 0 Å². The Balaban J connectivity index is 2.27. The minimum absolute atomic E-state index is 0.348. The van der Waals surface area contributed by atoms with Crippen LogP contribution in [0.1, 0.15) is 18.4 Å². The van der Waals surface area contributed by atoms with Gasteiger partial charge in [0.25, 0.3) is 9.70 Å². The van der Waals surface area contributed by atoms with Gasteiger partial charge in [-0.3, -0.25) is 9.59 Å². The molecule has 1 unspecified atom stereocenters. The fourth-order valence-corrected chi connectivity index (χ4v) is 2.65. The van der Waals surface area contributed by atoms with Crippen LogP contribution in [0, 0.1) is 5.82 Å². The highest BCUT2D eigenvalue weighted by Gasteiger charge is 2.40. The first-order valence-electron chi connectivity index (χ1n) is 6.55.